The Morgan fingerprint density at radius 2 is 1.82 bits per heavy atom. The molecule has 146 valence electrons. The van der Waals surface area contributed by atoms with Crippen LogP contribution in [-0.4, -0.2) is 37.5 Å². The predicted octanol–water partition coefficient (Wildman–Crippen LogP) is 3.40. The molecule has 6 nitrogen and oxygen atoms in total. The zero-order valence-electron chi connectivity index (χ0n) is 15.6. The molecule has 28 heavy (non-hydrogen) atoms. The number of carbonyl (C=O) groups excluding carboxylic acids is 1. The van der Waals surface area contributed by atoms with Gasteiger partial charge in [-0.1, -0.05) is 30.3 Å². The van der Waals surface area contributed by atoms with Gasteiger partial charge in [0.1, 0.15) is 24.7 Å². The maximum atomic E-state index is 11.7. The number of rotatable bonds is 9. The van der Waals surface area contributed by atoms with Crippen LogP contribution in [0, 0.1) is 6.92 Å². The van der Waals surface area contributed by atoms with Crippen molar-refractivity contribution in [2.45, 2.75) is 6.92 Å². The molecule has 1 amide bonds. The quantitative estimate of drug-likeness (QED) is 0.515. The van der Waals surface area contributed by atoms with Crippen molar-refractivity contribution in [3.63, 3.8) is 0 Å². The van der Waals surface area contributed by atoms with Crippen molar-refractivity contribution in [2.75, 3.05) is 26.4 Å². The first-order valence-electron chi connectivity index (χ1n) is 8.89. The number of para-hydroxylation sites is 1. The molecule has 3 rings (SSSR count). The van der Waals surface area contributed by atoms with Gasteiger partial charge in [0, 0.05) is 0 Å². The van der Waals surface area contributed by atoms with Crippen LogP contribution in [0.4, 0.5) is 0 Å². The molecular formula is C21H22N2O4S. The minimum Gasteiger partial charge on any atom is -0.491 e. The number of nitrogens with two attached hydrogens (primary N) is 1. The van der Waals surface area contributed by atoms with Gasteiger partial charge in [-0.05, 0) is 54.1 Å². The Balaban J connectivity index is 1.37. The molecule has 1 aliphatic rings. The Kier molecular flexibility index (Phi) is 7.11. The van der Waals surface area contributed by atoms with E-state index in [1.165, 1.54) is 11.8 Å². The van der Waals surface area contributed by atoms with Gasteiger partial charge < -0.3 is 19.9 Å². The van der Waals surface area contributed by atoms with E-state index in [0.717, 1.165) is 16.9 Å². The van der Waals surface area contributed by atoms with Gasteiger partial charge in [0.25, 0.3) is 5.91 Å². The SMILES string of the molecule is Cc1ccccc1OCCOCCOc1cccc(/C=C2/SC(N)=NC2=O)c1. The highest BCUT2D eigenvalue weighted by Crippen LogP contribution is 2.27. The molecule has 0 saturated carbocycles. The summed E-state index contributed by atoms with van der Waals surface area (Å²) in [6, 6.07) is 15.4. The Bertz CT molecular complexity index is 895. The van der Waals surface area contributed by atoms with Crippen LogP contribution in [0.2, 0.25) is 0 Å². The number of amidine groups is 1. The number of hydrogen-bond acceptors (Lipinski definition) is 6. The summed E-state index contributed by atoms with van der Waals surface area (Å²) in [4.78, 5) is 15.9. The van der Waals surface area contributed by atoms with Gasteiger partial charge in [0.05, 0.1) is 18.1 Å². The Labute approximate surface area is 168 Å². The third-order valence-electron chi connectivity index (χ3n) is 3.87. The second kappa shape index (κ2) is 9.96. The van der Waals surface area contributed by atoms with E-state index >= 15 is 0 Å². The van der Waals surface area contributed by atoms with Crippen molar-refractivity contribution >= 4 is 28.9 Å². The molecule has 1 aliphatic heterocycles. The molecule has 2 N–H and O–H groups in total. The normalized spacial score (nSPS) is 15.0. The summed E-state index contributed by atoms with van der Waals surface area (Å²) in [6.07, 6.45) is 1.75. The van der Waals surface area contributed by atoms with Crippen molar-refractivity contribution in [1.82, 2.24) is 0 Å². The van der Waals surface area contributed by atoms with Crippen molar-refractivity contribution in [2.24, 2.45) is 10.7 Å². The third kappa shape index (κ3) is 5.87. The number of hydrogen-bond donors (Lipinski definition) is 1. The van der Waals surface area contributed by atoms with Gasteiger partial charge in [0.2, 0.25) is 0 Å². The number of thioether (sulfide) groups is 1. The van der Waals surface area contributed by atoms with Gasteiger partial charge in [-0.25, -0.2) is 0 Å². The lowest BCUT2D eigenvalue weighted by Gasteiger charge is -2.10. The fourth-order valence-electron chi connectivity index (χ4n) is 2.52. The Morgan fingerprint density at radius 3 is 2.57 bits per heavy atom. The van der Waals surface area contributed by atoms with Gasteiger partial charge in [0.15, 0.2) is 5.17 Å². The van der Waals surface area contributed by atoms with Crippen LogP contribution in [0.1, 0.15) is 11.1 Å². The number of ether oxygens (including phenoxy) is 3. The van der Waals surface area contributed by atoms with Gasteiger partial charge in [-0.15, -0.1) is 0 Å². The summed E-state index contributed by atoms with van der Waals surface area (Å²) >= 11 is 1.17. The van der Waals surface area contributed by atoms with Crippen molar-refractivity contribution < 1.29 is 19.0 Å². The first kappa shape index (κ1) is 20.0. The van der Waals surface area contributed by atoms with E-state index < -0.39 is 0 Å². The molecule has 2 aromatic carbocycles. The molecule has 0 spiro atoms. The van der Waals surface area contributed by atoms with Crippen LogP contribution in [0.15, 0.2) is 58.4 Å². The summed E-state index contributed by atoms with van der Waals surface area (Å²) in [5.74, 6) is 1.27. The second-order valence-electron chi connectivity index (χ2n) is 6.01. The standard InChI is InChI=1S/C21H22N2O4S/c1-15-5-2-3-8-18(15)27-12-10-25-9-11-26-17-7-4-6-16(13-17)14-19-20(24)23-21(22)28-19/h2-8,13-14H,9-12H2,1H3,(H2,22,23,24)/b19-14+. The number of nitrogens with zero attached hydrogens (tertiary/aromatic N) is 1. The summed E-state index contributed by atoms with van der Waals surface area (Å²) < 4.78 is 16.9. The molecule has 1 heterocycles. The lowest BCUT2D eigenvalue weighted by molar-refractivity contribution is -0.113. The van der Waals surface area contributed by atoms with Crippen LogP contribution >= 0.6 is 11.8 Å². The molecule has 0 bridgehead atoms. The zero-order valence-corrected chi connectivity index (χ0v) is 16.4. The zero-order chi connectivity index (χ0) is 19.8. The Hall–Kier alpha value is -2.77. The molecule has 0 aromatic heterocycles. The molecule has 0 fully saturated rings. The van der Waals surface area contributed by atoms with E-state index in [1.54, 1.807) is 6.08 Å². The summed E-state index contributed by atoms with van der Waals surface area (Å²) in [6.45, 7) is 3.88. The average molecular weight is 398 g/mol. The second-order valence-corrected chi connectivity index (χ2v) is 7.08. The van der Waals surface area contributed by atoms with E-state index in [-0.39, 0.29) is 11.1 Å². The molecular weight excluding hydrogens is 376 g/mol. The fraction of sp³-hybridized carbons (Fsp3) is 0.238. The molecule has 0 saturated heterocycles. The number of aryl methyl sites for hydroxylation is 1. The summed E-state index contributed by atoms with van der Waals surface area (Å²) in [7, 11) is 0. The van der Waals surface area contributed by atoms with Crippen LogP contribution in [-0.2, 0) is 9.53 Å². The molecule has 0 unspecified atom stereocenters. The monoisotopic (exact) mass is 398 g/mol. The molecule has 0 aliphatic carbocycles. The van der Waals surface area contributed by atoms with Crippen LogP contribution in [0.5, 0.6) is 11.5 Å². The minimum atomic E-state index is -0.310. The van der Waals surface area contributed by atoms with Crippen molar-refractivity contribution in [3.05, 3.63) is 64.6 Å². The number of amides is 1. The molecule has 0 atom stereocenters. The molecule has 7 heteroatoms. The van der Waals surface area contributed by atoms with Gasteiger partial charge in [-0.2, -0.15) is 4.99 Å². The maximum Gasteiger partial charge on any atom is 0.286 e. The van der Waals surface area contributed by atoms with Crippen LogP contribution in [0.3, 0.4) is 0 Å². The first-order chi connectivity index (χ1) is 13.6. The lowest BCUT2D eigenvalue weighted by atomic mass is 10.2. The predicted molar refractivity (Wildman–Crippen MR) is 112 cm³/mol. The highest BCUT2D eigenvalue weighted by Gasteiger charge is 2.19. The number of carbonyl (C=O) groups is 1. The van der Waals surface area contributed by atoms with Crippen molar-refractivity contribution in [1.29, 1.82) is 0 Å². The van der Waals surface area contributed by atoms with Crippen LogP contribution < -0.4 is 15.2 Å². The average Bonchev–Trinajstić information content (AvgIpc) is 2.99. The largest absolute Gasteiger partial charge is 0.491 e. The van der Waals surface area contributed by atoms with Crippen LogP contribution in [0.25, 0.3) is 6.08 Å². The fourth-order valence-corrected chi connectivity index (χ4v) is 3.20. The van der Waals surface area contributed by atoms with E-state index in [0.29, 0.717) is 37.1 Å². The topological polar surface area (TPSA) is 83.1 Å². The molecule has 2 aromatic rings. The minimum absolute atomic E-state index is 0.271. The van der Waals surface area contributed by atoms with E-state index in [9.17, 15) is 4.79 Å². The van der Waals surface area contributed by atoms with Gasteiger partial charge >= 0.3 is 0 Å². The Morgan fingerprint density at radius 1 is 1.04 bits per heavy atom. The lowest BCUT2D eigenvalue weighted by Crippen LogP contribution is -2.12. The van der Waals surface area contributed by atoms with E-state index in [2.05, 4.69) is 4.99 Å². The first-order valence-corrected chi connectivity index (χ1v) is 9.70. The smallest absolute Gasteiger partial charge is 0.286 e. The number of benzene rings is 2. The maximum absolute atomic E-state index is 11.7. The summed E-state index contributed by atoms with van der Waals surface area (Å²) in [5.41, 5.74) is 7.52. The molecule has 0 radical (unpaired) electrons. The van der Waals surface area contributed by atoms with Gasteiger partial charge in [-0.3, -0.25) is 4.79 Å². The van der Waals surface area contributed by atoms with E-state index in [4.69, 9.17) is 19.9 Å². The third-order valence-corrected chi connectivity index (χ3v) is 4.68. The van der Waals surface area contributed by atoms with Crippen molar-refractivity contribution in [3.8, 4) is 11.5 Å². The van der Waals surface area contributed by atoms with E-state index in [1.807, 2.05) is 55.5 Å². The highest BCUT2D eigenvalue weighted by atomic mass is 32.2. The highest BCUT2D eigenvalue weighted by molar-refractivity contribution is 8.18. The number of aliphatic imine (C=N–C) groups is 1. The summed E-state index contributed by atoms with van der Waals surface area (Å²) in [5, 5.41) is 0.271.